The van der Waals surface area contributed by atoms with Gasteiger partial charge in [-0.1, -0.05) is 6.08 Å². The zero-order valence-electron chi connectivity index (χ0n) is 5.00. The number of thiazole rings is 1. The second-order valence-corrected chi connectivity index (χ2v) is 2.26. The van der Waals surface area contributed by atoms with Gasteiger partial charge in [-0.2, -0.15) is 0 Å². The second-order valence-electron chi connectivity index (χ2n) is 1.54. The molecule has 1 heterocycles. The van der Waals surface area contributed by atoms with Gasteiger partial charge in [-0.15, -0.1) is 17.9 Å². The average molecular weight is 140 g/mol. The lowest BCUT2D eigenvalue weighted by Crippen LogP contribution is -1.96. The third kappa shape index (κ3) is 1.85. The molecule has 2 nitrogen and oxygen atoms in total. The van der Waals surface area contributed by atoms with Crippen molar-refractivity contribution < 1.29 is 0 Å². The van der Waals surface area contributed by atoms with Crippen LogP contribution in [0.25, 0.3) is 0 Å². The molecule has 1 N–H and O–H groups in total. The molecule has 0 aliphatic rings. The minimum absolute atomic E-state index is 0.781. The molecule has 9 heavy (non-hydrogen) atoms. The zero-order chi connectivity index (χ0) is 6.53. The minimum Gasteiger partial charge on any atom is -0.366 e. The van der Waals surface area contributed by atoms with Crippen LogP contribution in [0.1, 0.15) is 0 Å². The van der Waals surface area contributed by atoms with Crippen molar-refractivity contribution >= 4 is 17.2 Å². The van der Waals surface area contributed by atoms with Crippen LogP contribution in [0.5, 0.6) is 0 Å². The van der Waals surface area contributed by atoms with Crippen LogP contribution in [0.2, 0.25) is 0 Å². The van der Waals surface area contributed by atoms with Crippen molar-refractivity contribution in [1.29, 1.82) is 0 Å². The molecule has 0 unspecified atom stereocenters. The summed E-state index contributed by atoms with van der Waals surface area (Å²) in [4.78, 5) is 4.01. The van der Waals surface area contributed by atoms with E-state index in [0.29, 0.717) is 0 Å². The maximum absolute atomic E-state index is 4.01. The SMILES string of the molecule is C=CCNc1cscn1. The van der Waals surface area contributed by atoms with Gasteiger partial charge in [-0.05, 0) is 0 Å². The van der Waals surface area contributed by atoms with Gasteiger partial charge in [-0.25, -0.2) is 4.98 Å². The quantitative estimate of drug-likeness (QED) is 0.647. The van der Waals surface area contributed by atoms with Crippen LogP contribution in [0.4, 0.5) is 5.82 Å². The van der Waals surface area contributed by atoms with Gasteiger partial charge in [0.25, 0.3) is 0 Å². The zero-order valence-corrected chi connectivity index (χ0v) is 5.82. The first-order chi connectivity index (χ1) is 4.43. The lowest BCUT2D eigenvalue weighted by molar-refractivity contribution is 1.27. The topological polar surface area (TPSA) is 24.9 Å². The smallest absolute Gasteiger partial charge is 0.137 e. The molecule has 0 aliphatic carbocycles. The van der Waals surface area contributed by atoms with E-state index in [9.17, 15) is 0 Å². The summed E-state index contributed by atoms with van der Waals surface area (Å²) in [5.41, 5.74) is 1.80. The van der Waals surface area contributed by atoms with Crippen molar-refractivity contribution in [2.75, 3.05) is 11.9 Å². The van der Waals surface area contributed by atoms with Gasteiger partial charge in [0.1, 0.15) is 5.82 Å². The molecule has 48 valence electrons. The summed E-state index contributed by atoms with van der Waals surface area (Å²) in [5.74, 6) is 0.930. The second kappa shape index (κ2) is 3.25. The fourth-order valence-electron chi connectivity index (χ4n) is 0.477. The fourth-order valence-corrected chi connectivity index (χ4v) is 0.985. The molecule has 0 radical (unpaired) electrons. The summed E-state index contributed by atoms with van der Waals surface area (Å²) < 4.78 is 0. The maximum atomic E-state index is 4.01. The molecule has 1 aromatic rings. The number of hydrogen-bond acceptors (Lipinski definition) is 3. The van der Waals surface area contributed by atoms with Crippen LogP contribution < -0.4 is 5.32 Å². The lowest BCUT2D eigenvalue weighted by Gasteiger charge is -1.93. The van der Waals surface area contributed by atoms with Crippen LogP contribution in [-0.2, 0) is 0 Å². The van der Waals surface area contributed by atoms with Crippen LogP contribution in [0.15, 0.2) is 23.5 Å². The Labute approximate surface area is 58.2 Å². The molecule has 0 saturated carbocycles. The Balaban J connectivity index is 2.38. The Morgan fingerprint density at radius 2 is 2.78 bits per heavy atom. The van der Waals surface area contributed by atoms with Crippen molar-refractivity contribution in [3.63, 3.8) is 0 Å². The van der Waals surface area contributed by atoms with Gasteiger partial charge in [0, 0.05) is 11.9 Å². The van der Waals surface area contributed by atoms with Crippen molar-refractivity contribution in [1.82, 2.24) is 4.98 Å². The maximum Gasteiger partial charge on any atom is 0.137 e. The predicted molar refractivity (Wildman–Crippen MR) is 40.8 cm³/mol. The number of nitrogens with zero attached hydrogens (tertiary/aromatic N) is 1. The number of rotatable bonds is 3. The van der Waals surface area contributed by atoms with E-state index in [-0.39, 0.29) is 0 Å². The molecule has 0 aromatic carbocycles. The molecule has 0 atom stereocenters. The average Bonchev–Trinajstić information content (AvgIpc) is 2.34. The van der Waals surface area contributed by atoms with Crippen molar-refractivity contribution in [3.05, 3.63) is 23.5 Å². The van der Waals surface area contributed by atoms with Gasteiger partial charge in [0.2, 0.25) is 0 Å². The highest BCUT2D eigenvalue weighted by Gasteiger charge is 1.86. The van der Waals surface area contributed by atoms with Gasteiger partial charge in [0.05, 0.1) is 5.51 Å². The van der Waals surface area contributed by atoms with E-state index in [1.54, 1.807) is 22.9 Å². The van der Waals surface area contributed by atoms with Crippen LogP contribution in [0.3, 0.4) is 0 Å². The molecule has 1 aromatic heterocycles. The molecule has 0 saturated heterocycles. The molecular weight excluding hydrogens is 132 g/mol. The Kier molecular flexibility index (Phi) is 2.27. The largest absolute Gasteiger partial charge is 0.366 e. The van der Waals surface area contributed by atoms with Crippen LogP contribution >= 0.6 is 11.3 Å². The van der Waals surface area contributed by atoms with E-state index in [1.807, 2.05) is 5.38 Å². The van der Waals surface area contributed by atoms with Crippen LogP contribution in [-0.4, -0.2) is 11.5 Å². The summed E-state index contributed by atoms with van der Waals surface area (Å²) in [6.45, 7) is 4.35. The molecular formula is C6H8N2S. The predicted octanol–water partition coefficient (Wildman–Crippen LogP) is 1.74. The lowest BCUT2D eigenvalue weighted by atomic mass is 10.6. The van der Waals surface area contributed by atoms with Crippen LogP contribution in [0, 0.1) is 0 Å². The first kappa shape index (κ1) is 6.29. The van der Waals surface area contributed by atoms with E-state index in [0.717, 1.165) is 12.4 Å². The Morgan fingerprint density at radius 3 is 3.33 bits per heavy atom. The minimum atomic E-state index is 0.781. The third-order valence-corrected chi connectivity index (χ3v) is 1.45. The van der Waals surface area contributed by atoms with Gasteiger partial charge >= 0.3 is 0 Å². The summed E-state index contributed by atoms with van der Waals surface area (Å²) in [6.07, 6.45) is 1.80. The number of anilines is 1. The Hall–Kier alpha value is -0.830. The standard InChI is InChI=1S/C6H8N2S/c1-2-3-7-6-4-9-5-8-6/h2,4-5,7H,1,3H2. The van der Waals surface area contributed by atoms with Crippen molar-refractivity contribution in [2.24, 2.45) is 0 Å². The van der Waals surface area contributed by atoms with E-state index in [1.165, 1.54) is 0 Å². The monoisotopic (exact) mass is 140 g/mol. The van der Waals surface area contributed by atoms with Crippen molar-refractivity contribution in [2.45, 2.75) is 0 Å². The molecule has 0 amide bonds. The van der Waals surface area contributed by atoms with E-state index < -0.39 is 0 Å². The fraction of sp³-hybridized carbons (Fsp3) is 0.167. The van der Waals surface area contributed by atoms with E-state index >= 15 is 0 Å². The highest BCUT2D eigenvalue weighted by molar-refractivity contribution is 7.07. The molecule has 1 rings (SSSR count). The van der Waals surface area contributed by atoms with Gasteiger partial charge < -0.3 is 5.32 Å². The Bertz CT molecular complexity index is 169. The highest BCUT2D eigenvalue weighted by Crippen LogP contribution is 2.05. The van der Waals surface area contributed by atoms with Gasteiger partial charge in [-0.3, -0.25) is 0 Å². The summed E-state index contributed by atoms with van der Waals surface area (Å²) in [6, 6.07) is 0. The summed E-state index contributed by atoms with van der Waals surface area (Å²) in [5, 5.41) is 5.02. The van der Waals surface area contributed by atoms with E-state index in [2.05, 4.69) is 16.9 Å². The first-order valence-corrected chi connectivity index (χ1v) is 3.60. The molecule has 3 heteroatoms. The number of aromatic nitrogens is 1. The number of nitrogens with one attached hydrogen (secondary N) is 1. The summed E-state index contributed by atoms with van der Waals surface area (Å²) in [7, 11) is 0. The summed E-state index contributed by atoms with van der Waals surface area (Å²) >= 11 is 1.58. The third-order valence-electron chi connectivity index (χ3n) is 0.860. The molecule has 0 fully saturated rings. The van der Waals surface area contributed by atoms with Crippen molar-refractivity contribution in [3.8, 4) is 0 Å². The highest BCUT2D eigenvalue weighted by atomic mass is 32.1. The number of hydrogen-bond donors (Lipinski definition) is 1. The van der Waals surface area contributed by atoms with Gasteiger partial charge in [0.15, 0.2) is 0 Å². The molecule has 0 aliphatic heterocycles. The Morgan fingerprint density at radius 1 is 1.89 bits per heavy atom. The first-order valence-electron chi connectivity index (χ1n) is 2.66. The molecule has 0 bridgehead atoms. The molecule has 0 spiro atoms. The van der Waals surface area contributed by atoms with E-state index in [4.69, 9.17) is 0 Å². The normalized spacial score (nSPS) is 8.89.